The van der Waals surface area contributed by atoms with Crippen molar-refractivity contribution in [2.24, 2.45) is 0 Å². The molecule has 6 nitrogen and oxygen atoms in total. The Kier molecular flexibility index (Phi) is 51.3. The van der Waals surface area contributed by atoms with Gasteiger partial charge in [-0.15, -0.1) is 0 Å². The predicted molar refractivity (Wildman–Crippen MR) is 279 cm³/mol. The van der Waals surface area contributed by atoms with E-state index in [4.69, 9.17) is 0 Å². The first-order chi connectivity index (χ1) is 31.5. The van der Waals surface area contributed by atoms with Gasteiger partial charge in [-0.1, -0.05) is 256 Å². The van der Waals surface area contributed by atoms with Gasteiger partial charge in [0.1, 0.15) is 12.2 Å². The van der Waals surface area contributed by atoms with Crippen LogP contribution in [0.2, 0.25) is 0 Å². The highest BCUT2D eigenvalue weighted by molar-refractivity contribution is 5.80. The van der Waals surface area contributed by atoms with E-state index in [1.807, 2.05) is 0 Å². The van der Waals surface area contributed by atoms with Crippen LogP contribution in [0.15, 0.2) is 36.5 Å². The lowest BCUT2D eigenvalue weighted by Crippen LogP contribution is -2.53. The molecule has 6 heteroatoms. The van der Waals surface area contributed by atoms with Crippen LogP contribution >= 0.6 is 0 Å². The summed E-state index contributed by atoms with van der Waals surface area (Å²) < 4.78 is 0. The van der Waals surface area contributed by atoms with E-state index in [0.717, 1.165) is 51.4 Å². The second-order valence-electron chi connectivity index (χ2n) is 19.6. The minimum Gasteiger partial charge on any atom is -0.394 e. The summed E-state index contributed by atoms with van der Waals surface area (Å²) in [7, 11) is 0. The summed E-state index contributed by atoms with van der Waals surface area (Å²) in [6.07, 6.45) is 65.1. The molecule has 0 aliphatic rings. The Morgan fingerprint density at radius 3 is 0.984 bits per heavy atom. The molecule has 0 saturated carbocycles. The second-order valence-corrected chi connectivity index (χ2v) is 19.6. The zero-order chi connectivity index (χ0) is 46.7. The van der Waals surface area contributed by atoms with Crippen molar-refractivity contribution in [3.8, 4) is 0 Å². The Morgan fingerprint density at radius 1 is 0.375 bits per heavy atom. The van der Waals surface area contributed by atoms with Crippen LogP contribution in [0, 0.1) is 0 Å². The van der Waals surface area contributed by atoms with Crippen molar-refractivity contribution < 1.29 is 25.2 Å². The molecular formula is C58H111NO5. The maximum Gasteiger partial charge on any atom is 0.249 e. The summed E-state index contributed by atoms with van der Waals surface area (Å²) in [5, 5.41) is 43.9. The summed E-state index contributed by atoms with van der Waals surface area (Å²) >= 11 is 0. The standard InChI is InChI=1S/C58H111NO5/c1-3-5-7-9-11-13-15-17-19-21-22-23-24-25-26-27-28-29-30-31-32-33-34-36-37-39-41-43-45-47-49-51-55(61)57(63)54(53-60)59-58(64)56(62)52-50-48-46-44-42-40-38-35-20-18-16-14-12-10-8-6-4-2/h36-38,40,43,45,54-57,60-63H,3-35,39,41-42,44,46-53H2,1-2H3,(H,59,64)/b37-36+,40-38-,45-43+. The van der Waals surface area contributed by atoms with Crippen LogP contribution < -0.4 is 5.32 Å². The van der Waals surface area contributed by atoms with Gasteiger partial charge < -0.3 is 25.7 Å². The summed E-state index contributed by atoms with van der Waals surface area (Å²) in [5.74, 6) is -0.604. The van der Waals surface area contributed by atoms with Gasteiger partial charge in [-0.3, -0.25) is 4.79 Å². The van der Waals surface area contributed by atoms with Crippen LogP contribution in [0.1, 0.15) is 296 Å². The van der Waals surface area contributed by atoms with Gasteiger partial charge in [-0.25, -0.2) is 0 Å². The average Bonchev–Trinajstić information content (AvgIpc) is 3.30. The summed E-state index contributed by atoms with van der Waals surface area (Å²) in [4.78, 5) is 12.6. The number of allylic oxidation sites excluding steroid dienone is 6. The van der Waals surface area contributed by atoms with Crippen LogP contribution in [0.25, 0.3) is 0 Å². The molecule has 0 aliphatic heterocycles. The first-order valence-electron chi connectivity index (χ1n) is 28.4. The SMILES string of the molecule is CCCCCCCCCCC/C=C\CCCCCCC(O)C(=O)NC(CO)C(O)C(O)CCC/C=C/CC/C=C/CCCCCCCCCCCCCCCCCCCCCCCC. The second kappa shape index (κ2) is 52.5. The molecule has 0 aromatic heterocycles. The zero-order valence-corrected chi connectivity index (χ0v) is 42.8. The summed E-state index contributed by atoms with van der Waals surface area (Å²) in [6.45, 7) is 4.06. The van der Waals surface area contributed by atoms with E-state index >= 15 is 0 Å². The number of rotatable bonds is 52. The fourth-order valence-electron chi connectivity index (χ4n) is 8.83. The van der Waals surface area contributed by atoms with Crippen LogP contribution in [0.5, 0.6) is 0 Å². The third-order valence-electron chi connectivity index (χ3n) is 13.3. The molecule has 1 amide bonds. The Balaban J connectivity index is 3.66. The third-order valence-corrected chi connectivity index (χ3v) is 13.3. The highest BCUT2D eigenvalue weighted by atomic mass is 16.3. The van der Waals surface area contributed by atoms with Gasteiger partial charge in [0.05, 0.1) is 18.8 Å². The Bertz CT molecular complexity index is 1010. The Labute approximate surface area is 398 Å². The molecule has 378 valence electrons. The minimum absolute atomic E-state index is 0.346. The molecule has 0 radical (unpaired) electrons. The number of carbonyl (C=O) groups excluding carboxylic acids is 1. The van der Waals surface area contributed by atoms with Gasteiger partial charge in [-0.05, 0) is 77.0 Å². The van der Waals surface area contributed by atoms with Crippen molar-refractivity contribution in [3.05, 3.63) is 36.5 Å². The van der Waals surface area contributed by atoms with Crippen LogP contribution in [0.4, 0.5) is 0 Å². The molecule has 5 N–H and O–H groups in total. The largest absolute Gasteiger partial charge is 0.394 e. The molecule has 0 aromatic carbocycles. The van der Waals surface area contributed by atoms with Crippen molar-refractivity contribution in [3.63, 3.8) is 0 Å². The molecular weight excluding hydrogens is 791 g/mol. The first kappa shape index (κ1) is 62.5. The monoisotopic (exact) mass is 902 g/mol. The number of amides is 1. The van der Waals surface area contributed by atoms with Crippen molar-refractivity contribution >= 4 is 5.91 Å². The summed E-state index contributed by atoms with van der Waals surface area (Å²) in [5.41, 5.74) is 0. The molecule has 0 fully saturated rings. The third kappa shape index (κ3) is 45.7. The van der Waals surface area contributed by atoms with Crippen molar-refractivity contribution in [1.29, 1.82) is 0 Å². The number of hydrogen-bond donors (Lipinski definition) is 5. The first-order valence-corrected chi connectivity index (χ1v) is 28.4. The number of aliphatic hydroxyl groups is 4. The highest BCUT2D eigenvalue weighted by Gasteiger charge is 2.28. The number of unbranched alkanes of at least 4 members (excludes halogenated alkanes) is 37. The maximum atomic E-state index is 12.6. The highest BCUT2D eigenvalue weighted by Crippen LogP contribution is 2.17. The quantitative estimate of drug-likeness (QED) is 0.0309. The van der Waals surface area contributed by atoms with E-state index in [0.29, 0.717) is 19.3 Å². The Hall–Kier alpha value is -1.47. The number of nitrogens with one attached hydrogen (secondary N) is 1. The van der Waals surface area contributed by atoms with Crippen LogP contribution in [-0.2, 0) is 4.79 Å². The van der Waals surface area contributed by atoms with E-state index in [9.17, 15) is 25.2 Å². The smallest absolute Gasteiger partial charge is 0.249 e. The summed E-state index contributed by atoms with van der Waals surface area (Å²) in [6, 6.07) is -1.01. The molecule has 0 rings (SSSR count). The normalized spacial score (nSPS) is 14.0. The van der Waals surface area contributed by atoms with Gasteiger partial charge in [-0.2, -0.15) is 0 Å². The van der Waals surface area contributed by atoms with Crippen molar-refractivity contribution in [2.45, 2.75) is 321 Å². The van der Waals surface area contributed by atoms with Gasteiger partial charge in [0, 0.05) is 0 Å². The van der Waals surface area contributed by atoms with E-state index in [2.05, 4.69) is 55.6 Å². The molecule has 0 heterocycles. The number of carbonyl (C=O) groups is 1. The van der Waals surface area contributed by atoms with Gasteiger partial charge in [0.2, 0.25) is 5.91 Å². The molecule has 0 saturated heterocycles. The lowest BCUT2D eigenvalue weighted by atomic mass is 10.00. The van der Waals surface area contributed by atoms with E-state index < -0.39 is 36.9 Å². The van der Waals surface area contributed by atoms with Crippen LogP contribution in [-0.4, -0.2) is 57.3 Å². The molecule has 4 atom stereocenters. The maximum absolute atomic E-state index is 12.6. The predicted octanol–water partition coefficient (Wildman–Crippen LogP) is 16.4. The zero-order valence-electron chi connectivity index (χ0n) is 42.8. The van der Waals surface area contributed by atoms with E-state index in [1.165, 1.54) is 212 Å². The molecule has 0 spiro atoms. The molecule has 4 unspecified atom stereocenters. The molecule has 64 heavy (non-hydrogen) atoms. The number of aliphatic hydroxyl groups excluding tert-OH is 4. The fraction of sp³-hybridized carbons (Fsp3) is 0.879. The van der Waals surface area contributed by atoms with E-state index in [-0.39, 0.29) is 0 Å². The topological polar surface area (TPSA) is 110 Å². The molecule has 0 aromatic rings. The van der Waals surface area contributed by atoms with Crippen molar-refractivity contribution in [2.75, 3.05) is 6.61 Å². The molecule has 0 bridgehead atoms. The van der Waals surface area contributed by atoms with Gasteiger partial charge in [0.15, 0.2) is 0 Å². The molecule has 0 aliphatic carbocycles. The van der Waals surface area contributed by atoms with E-state index in [1.54, 1.807) is 0 Å². The van der Waals surface area contributed by atoms with Gasteiger partial charge in [0.25, 0.3) is 0 Å². The Morgan fingerprint density at radius 2 is 0.656 bits per heavy atom. The van der Waals surface area contributed by atoms with Crippen molar-refractivity contribution in [1.82, 2.24) is 5.32 Å². The van der Waals surface area contributed by atoms with Gasteiger partial charge >= 0.3 is 0 Å². The number of hydrogen-bond acceptors (Lipinski definition) is 5. The van der Waals surface area contributed by atoms with Crippen LogP contribution in [0.3, 0.4) is 0 Å². The lowest BCUT2D eigenvalue weighted by molar-refractivity contribution is -0.132. The minimum atomic E-state index is -1.29. The lowest BCUT2D eigenvalue weighted by Gasteiger charge is -2.27. The average molecular weight is 903 g/mol. The fourth-order valence-corrected chi connectivity index (χ4v) is 8.83.